The summed E-state index contributed by atoms with van der Waals surface area (Å²) in [7, 11) is 0. The molecule has 6 rings (SSSR count). The zero-order chi connectivity index (χ0) is 17.3. The Morgan fingerprint density at radius 1 is 0.769 bits per heavy atom. The average molecular weight is 333 g/mol. The summed E-state index contributed by atoms with van der Waals surface area (Å²) in [6.45, 7) is 3.24. The molecule has 0 unspecified atom stereocenters. The maximum Gasteiger partial charge on any atom is 0.0494 e. The average Bonchev–Trinajstić information content (AvgIpc) is 3.23. The highest BCUT2D eigenvalue weighted by Crippen LogP contribution is 2.46. The second-order valence-corrected chi connectivity index (χ2v) is 7.24. The molecule has 0 spiro atoms. The molecule has 124 valence electrons. The largest absolute Gasteiger partial charge is 0.341 e. The van der Waals surface area contributed by atoms with E-state index in [0.717, 1.165) is 13.0 Å². The van der Waals surface area contributed by atoms with Gasteiger partial charge in [0.25, 0.3) is 0 Å². The van der Waals surface area contributed by atoms with Crippen LogP contribution in [0, 0.1) is 0 Å². The molecule has 0 radical (unpaired) electrons. The van der Waals surface area contributed by atoms with E-state index in [1.54, 1.807) is 0 Å². The normalized spacial score (nSPS) is 12.8. The van der Waals surface area contributed by atoms with Crippen molar-refractivity contribution in [1.82, 2.24) is 4.57 Å². The number of para-hydroxylation sites is 1. The number of nitrogens with zero attached hydrogens (tertiary/aromatic N) is 1. The van der Waals surface area contributed by atoms with Crippen LogP contribution in [0.15, 0.2) is 72.8 Å². The lowest BCUT2D eigenvalue weighted by Crippen LogP contribution is -1.93. The van der Waals surface area contributed by atoms with Gasteiger partial charge in [-0.05, 0) is 58.5 Å². The molecule has 0 atom stereocenters. The van der Waals surface area contributed by atoms with E-state index in [1.807, 2.05) is 0 Å². The number of aromatic nitrogens is 1. The molecule has 0 saturated carbocycles. The first-order valence-electron chi connectivity index (χ1n) is 9.40. The van der Waals surface area contributed by atoms with Crippen LogP contribution >= 0.6 is 0 Å². The summed E-state index contributed by atoms with van der Waals surface area (Å²) >= 11 is 0. The van der Waals surface area contributed by atoms with Crippen LogP contribution in [-0.2, 0) is 13.0 Å². The number of benzene rings is 4. The van der Waals surface area contributed by atoms with Crippen molar-refractivity contribution in [2.45, 2.75) is 19.9 Å². The van der Waals surface area contributed by atoms with E-state index in [2.05, 4.69) is 84.3 Å². The van der Waals surface area contributed by atoms with Gasteiger partial charge < -0.3 is 4.57 Å². The Labute approximate surface area is 152 Å². The van der Waals surface area contributed by atoms with Gasteiger partial charge in [0, 0.05) is 28.4 Å². The number of aryl methyl sites for hydroxylation is 1. The van der Waals surface area contributed by atoms with Crippen LogP contribution in [0.5, 0.6) is 0 Å². The van der Waals surface area contributed by atoms with Crippen molar-refractivity contribution in [3.8, 4) is 11.1 Å². The van der Waals surface area contributed by atoms with Crippen LogP contribution in [-0.4, -0.2) is 4.57 Å². The van der Waals surface area contributed by atoms with Crippen LogP contribution in [0.3, 0.4) is 0 Å². The molecule has 0 saturated heterocycles. The van der Waals surface area contributed by atoms with Crippen molar-refractivity contribution in [3.63, 3.8) is 0 Å². The maximum atomic E-state index is 2.45. The molecule has 0 amide bonds. The van der Waals surface area contributed by atoms with Gasteiger partial charge in [0.15, 0.2) is 0 Å². The highest BCUT2D eigenvalue weighted by Gasteiger charge is 2.25. The van der Waals surface area contributed by atoms with Gasteiger partial charge in [-0.2, -0.15) is 0 Å². The first-order valence-corrected chi connectivity index (χ1v) is 9.40. The summed E-state index contributed by atoms with van der Waals surface area (Å²) in [5, 5.41) is 5.54. The van der Waals surface area contributed by atoms with E-state index < -0.39 is 0 Å². The Balaban J connectivity index is 1.79. The van der Waals surface area contributed by atoms with Gasteiger partial charge in [-0.25, -0.2) is 0 Å². The topological polar surface area (TPSA) is 4.93 Å². The van der Waals surface area contributed by atoms with Crippen molar-refractivity contribution in [3.05, 3.63) is 83.9 Å². The molecule has 5 aromatic rings. The van der Waals surface area contributed by atoms with Crippen LogP contribution in [0.4, 0.5) is 0 Å². The zero-order valence-electron chi connectivity index (χ0n) is 14.8. The standard InChI is InChI=1S/C25H19N/c1-2-26-22-10-6-5-9-20(22)25-21-15-17-12-11-16-7-3-4-8-18(16)24(17)19(21)13-14-23(25)26/h3-14H,2,15H2,1H3. The van der Waals surface area contributed by atoms with E-state index in [1.165, 1.54) is 54.8 Å². The fraction of sp³-hybridized carbons (Fsp3) is 0.120. The summed E-state index contributed by atoms with van der Waals surface area (Å²) in [5.41, 5.74) is 8.53. The van der Waals surface area contributed by atoms with Gasteiger partial charge in [-0.15, -0.1) is 0 Å². The number of hydrogen-bond donors (Lipinski definition) is 0. The lowest BCUT2D eigenvalue weighted by Gasteiger charge is -2.08. The highest BCUT2D eigenvalue weighted by atomic mass is 15.0. The molecule has 1 nitrogen and oxygen atoms in total. The van der Waals surface area contributed by atoms with E-state index in [4.69, 9.17) is 0 Å². The summed E-state index contributed by atoms with van der Waals surface area (Å²) in [4.78, 5) is 0. The summed E-state index contributed by atoms with van der Waals surface area (Å²) in [5.74, 6) is 0. The molecule has 1 aliphatic rings. The Hall–Kier alpha value is -3.06. The summed E-state index contributed by atoms with van der Waals surface area (Å²) in [6, 6.07) is 26.9. The fourth-order valence-corrected chi connectivity index (χ4v) is 4.94. The molecule has 26 heavy (non-hydrogen) atoms. The third kappa shape index (κ3) is 1.65. The Bertz CT molecular complexity index is 1340. The summed E-state index contributed by atoms with van der Waals surface area (Å²) < 4.78 is 2.45. The van der Waals surface area contributed by atoms with Crippen LogP contribution in [0.1, 0.15) is 18.1 Å². The SMILES string of the molecule is CCn1c2ccccc2c2c3c(ccc21)-c1c(ccc2ccccc12)C3. The van der Waals surface area contributed by atoms with Crippen molar-refractivity contribution in [2.75, 3.05) is 0 Å². The van der Waals surface area contributed by atoms with Crippen LogP contribution in [0.2, 0.25) is 0 Å². The van der Waals surface area contributed by atoms with E-state index in [-0.39, 0.29) is 0 Å². The molecule has 1 aliphatic carbocycles. The van der Waals surface area contributed by atoms with Crippen molar-refractivity contribution < 1.29 is 0 Å². The lowest BCUT2D eigenvalue weighted by atomic mass is 9.97. The molecule has 1 heteroatoms. The van der Waals surface area contributed by atoms with E-state index >= 15 is 0 Å². The smallest absolute Gasteiger partial charge is 0.0494 e. The van der Waals surface area contributed by atoms with Gasteiger partial charge in [0.1, 0.15) is 0 Å². The minimum Gasteiger partial charge on any atom is -0.341 e. The fourth-order valence-electron chi connectivity index (χ4n) is 4.94. The predicted octanol–water partition coefficient (Wildman–Crippen LogP) is 6.54. The number of hydrogen-bond acceptors (Lipinski definition) is 0. The van der Waals surface area contributed by atoms with Crippen molar-refractivity contribution in [2.24, 2.45) is 0 Å². The minimum atomic E-state index is 0.999. The Morgan fingerprint density at radius 3 is 2.46 bits per heavy atom. The van der Waals surface area contributed by atoms with Gasteiger partial charge in [0.05, 0.1) is 0 Å². The van der Waals surface area contributed by atoms with E-state index in [9.17, 15) is 0 Å². The van der Waals surface area contributed by atoms with Crippen LogP contribution in [0.25, 0.3) is 43.7 Å². The maximum absolute atomic E-state index is 2.45. The second-order valence-electron chi connectivity index (χ2n) is 7.24. The monoisotopic (exact) mass is 333 g/mol. The quantitative estimate of drug-likeness (QED) is 0.322. The van der Waals surface area contributed by atoms with Crippen molar-refractivity contribution in [1.29, 1.82) is 0 Å². The van der Waals surface area contributed by atoms with Gasteiger partial charge in [0.2, 0.25) is 0 Å². The molecule has 0 fully saturated rings. The van der Waals surface area contributed by atoms with Crippen LogP contribution < -0.4 is 0 Å². The zero-order valence-corrected chi connectivity index (χ0v) is 14.8. The van der Waals surface area contributed by atoms with Gasteiger partial charge >= 0.3 is 0 Å². The lowest BCUT2D eigenvalue weighted by molar-refractivity contribution is 0.827. The number of fused-ring (bicyclic) bond motifs is 9. The summed E-state index contributed by atoms with van der Waals surface area (Å²) in [6.07, 6.45) is 1.03. The predicted molar refractivity (Wildman–Crippen MR) is 111 cm³/mol. The third-order valence-electron chi connectivity index (χ3n) is 6.01. The molecule has 1 heterocycles. The molecule has 0 aliphatic heterocycles. The Morgan fingerprint density at radius 2 is 1.58 bits per heavy atom. The van der Waals surface area contributed by atoms with Gasteiger partial charge in [-0.3, -0.25) is 0 Å². The molecule has 0 bridgehead atoms. The molecular formula is C25H19N. The minimum absolute atomic E-state index is 0.999. The van der Waals surface area contributed by atoms with Crippen molar-refractivity contribution >= 4 is 32.6 Å². The molecule has 4 aromatic carbocycles. The van der Waals surface area contributed by atoms with E-state index in [0.29, 0.717) is 0 Å². The second kappa shape index (κ2) is 4.98. The first kappa shape index (κ1) is 14.1. The molecule has 1 aromatic heterocycles. The van der Waals surface area contributed by atoms with Gasteiger partial charge in [-0.1, -0.05) is 60.7 Å². The highest BCUT2D eigenvalue weighted by molar-refractivity contribution is 6.14. The molecule has 0 N–H and O–H groups in total. The third-order valence-corrected chi connectivity index (χ3v) is 6.01. The molecular weight excluding hydrogens is 314 g/mol. The Kier molecular flexibility index (Phi) is 2.71. The first-order chi connectivity index (χ1) is 12.9. The number of rotatable bonds is 1.